The Kier molecular flexibility index (Phi) is 3.32. The lowest BCUT2D eigenvalue weighted by Gasteiger charge is -2.06. The molecular weight excluding hydrogens is 321 g/mol. The molecule has 0 fully saturated rings. The van der Waals surface area contributed by atoms with E-state index in [1.165, 1.54) is 0 Å². The summed E-state index contributed by atoms with van der Waals surface area (Å²) < 4.78 is 6.12. The van der Waals surface area contributed by atoms with Crippen LogP contribution in [0.1, 0.15) is 0 Å². The van der Waals surface area contributed by atoms with Crippen molar-refractivity contribution in [2.75, 3.05) is 0 Å². The van der Waals surface area contributed by atoms with Gasteiger partial charge in [-0.25, -0.2) is 15.0 Å². The molecule has 122 valence electrons. The first-order valence-electron chi connectivity index (χ1n) is 8.48. The van der Waals surface area contributed by atoms with Crippen molar-refractivity contribution in [3.05, 3.63) is 72.8 Å². The molecule has 0 aliphatic heterocycles. The smallest absolute Gasteiger partial charge is 0.189 e. The van der Waals surface area contributed by atoms with E-state index in [0.29, 0.717) is 17.4 Å². The number of furan rings is 1. The first-order chi connectivity index (χ1) is 12.8. The highest BCUT2D eigenvalue weighted by atomic mass is 16.3. The lowest BCUT2D eigenvalue weighted by atomic mass is 10.1. The number of para-hydroxylation sites is 2. The van der Waals surface area contributed by atoms with Crippen molar-refractivity contribution >= 4 is 35.5 Å². The van der Waals surface area contributed by atoms with E-state index >= 15 is 0 Å². The zero-order valence-corrected chi connectivity index (χ0v) is 14.2. The maximum Gasteiger partial charge on any atom is 0.189 e. The van der Waals surface area contributed by atoms with Crippen molar-refractivity contribution in [1.29, 1.82) is 0 Å². The van der Waals surface area contributed by atoms with Crippen LogP contribution in [0.2, 0.25) is 0 Å². The summed E-state index contributed by atoms with van der Waals surface area (Å²) in [5.41, 5.74) is 4.20. The minimum Gasteiger partial charge on any atom is -0.455 e. The van der Waals surface area contributed by atoms with Gasteiger partial charge in [-0.2, -0.15) is 0 Å². The van der Waals surface area contributed by atoms with Gasteiger partial charge in [0.25, 0.3) is 0 Å². The van der Waals surface area contributed by atoms with Gasteiger partial charge in [0.05, 0.1) is 11.3 Å². The van der Waals surface area contributed by atoms with Gasteiger partial charge >= 0.3 is 0 Å². The third-order valence-electron chi connectivity index (χ3n) is 4.42. The van der Waals surface area contributed by atoms with Gasteiger partial charge in [-0.3, -0.25) is 0 Å². The Balaban J connectivity index is 1.77. The molecule has 3 aromatic carbocycles. The fourth-order valence-corrected chi connectivity index (χ4v) is 3.24. The molecule has 26 heavy (non-hydrogen) atoms. The Morgan fingerprint density at radius 3 is 2.27 bits per heavy atom. The van der Waals surface area contributed by atoms with Crippen molar-refractivity contribution in [2.24, 2.45) is 0 Å². The van der Waals surface area contributed by atoms with Crippen LogP contribution in [0.4, 0.5) is 0 Å². The highest BCUT2D eigenvalue weighted by Gasteiger charge is 2.15. The predicted octanol–water partition coefficient (Wildman–Crippen LogP) is 3.36. The minimum absolute atomic E-state index is 0.626. The standard InChI is InChI=1S/C21H14BN3O/c22-21-24-19(13-7-2-1-3-8-13)23-20(25-21)16-11-6-10-15-14-9-4-5-12-17(14)26-18(15)16/h1-12H,22H2. The van der Waals surface area contributed by atoms with E-state index in [-0.39, 0.29) is 0 Å². The van der Waals surface area contributed by atoms with E-state index < -0.39 is 0 Å². The van der Waals surface area contributed by atoms with Gasteiger partial charge in [0.2, 0.25) is 0 Å². The Labute approximate surface area is 151 Å². The monoisotopic (exact) mass is 335 g/mol. The Hall–Kier alpha value is -3.47. The Morgan fingerprint density at radius 2 is 1.38 bits per heavy atom. The first-order valence-corrected chi connectivity index (χ1v) is 8.48. The molecule has 0 amide bonds. The molecular formula is C21H14BN3O. The Bertz CT molecular complexity index is 1250. The fourth-order valence-electron chi connectivity index (χ4n) is 3.24. The van der Waals surface area contributed by atoms with Gasteiger partial charge in [-0.05, 0) is 12.1 Å². The molecule has 4 nitrogen and oxygen atoms in total. The SMILES string of the molecule is Bc1nc(-c2ccccc2)nc(-c2cccc3c2oc2ccccc23)n1. The topological polar surface area (TPSA) is 51.8 Å². The van der Waals surface area contributed by atoms with Crippen molar-refractivity contribution in [3.8, 4) is 22.8 Å². The molecule has 0 bridgehead atoms. The number of hydrogen-bond donors (Lipinski definition) is 0. The van der Waals surface area contributed by atoms with Gasteiger partial charge in [0, 0.05) is 16.3 Å². The van der Waals surface area contributed by atoms with Gasteiger partial charge < -0.3 is 4.42 Å². The molecule has 0 saturated carbocycles. The molecule has 0 aliphatic rings. The average Bonchev–Trinajstić information content (AvgIpc) is 3.07. The van der Waals surface area contributed by atoms with Crippen molar-refractivity contribution in [2.45, 2.75) is 0 Å². The summed E-state index contributed by atoms with van der Waals surface area (Å²) in [6.45, 7) is 0. The third kappa shape index (κ3) is 2.37. The highest BCUT2D eigenvalue weighted by Crippen LogP contribution is 2.34. The van der Waals surface area contributed by atoms with Gasteiger partial charge in [-0.15, -0.1) is 0 Å². The Morgan fingerprint density at radius 1 is 0.654 bits per heavy atom. The summed E-state index contributed by atoms with van der Waals surface area (Å²) in [5, 5.41) is 2.16. The lowest BCUT2D eigenvalue weighted by molar-refractivity contribution is 0.669. The second kappa shape index (κ2) is 5.81. The number of benzene rings is 3. The molecule has 5 heteroatoms. The first kappa shape index (κ1) is 14.8. The second-order valence-electron chi connectivity index (χ2n) is 6.18. The zero-order valence-electron chi connectivity index (χ0n) is 14.2. The summed E-state index contributed by atoms with van der Waals surface area (Å²) in [5.74, 6) is 1.29. The average molecular weight is 335 g/mol. The summed E-state index contributed by atoms with van der Waals surface area (Å²) >= 11 is 0. The largest absolute Gasteiger partial charge is 0.455 e. The quantitative estimate of drug-likeness (QED) is 0.464. The summed E-state index contributed by atoms with van der Waals surface area (Å²) in [4.78, 5) is 13.8. The van der Waals surface area contributed by atoms with Gasteiger partial charge in [0.1, 0.15) is 11.2 Å². The van der Waals surface area contributed by atoms with Crippen molar-refractivity contribution < 1.29 is 4.42 Å². The van der Waals surface area contributed by atoms with Crippen LogP contribution < -0.4 is 5.72 Å². The van der Waals surface area contributed by atoms with E-state index in [1.54, 1.807) is 0 Å². The van der Waals surface area contributed by atoms with Crippen molar-refractivity contribution in [3.63, 3.8) is 0 Å². The van der Waals surface area contributed by atoms with E-state index in [9.17, 15) is 0 Å². The molecule has 0 radical (unpaired) electrons. The molecule has 2 heterocycles. The molecule has 0 unspecified atom stereocenters. The number of hydrogen-bond acceptors (Lipinski definition) is 4. The number of fused-ring (bicyclic) bond motifs is 3. The maximum atomic E-state index is 6.12. The van der Waals surface area contributed by atoms with Crippen LogP contribution in [0.5, 0.6) is 0 Å². The minimum atomic E-state index is 0.626. The lowest BCUT2D eigenvalue weighted by Crippen LogP contribution is -2.16. The van der Waals surface area contributed by atoms with Crippen LogP contribution in [0, 0.1) is 0 Å². The highest BCUT2D eigenvalue weighted by molar-refractivity contribution is 6.29. The molecule has 2 aromatic heterocycles. The van der Waals surface area contributed by atoms with E-state index in [0.717, 1.165) is 33.1 Å². The molecule has 5 rings (SSSR count). The summed E-state index contributed by atoms with van der Waals surface area (Å²) in [7, 11) is 1.89. The zero-order chi connectivity index (χ0) is 17.5. The van der Waals surface area contributed by atoms with Gasteiger partial charge in [-0.1, -0.05) is 60.7 Å². The molecule has 0 N–H and O–H groups in total. The number of aromatic nitrogens is 3. The van der Waals surface area contributed by atoms with Crippen LogP contribution in [-0.4, -0.2) is 22.8 Å². The third-order valence-corrected chi connectivity index (χ3v) is 4.42. The molecule has 0 spiro atoms. The van der Waals surface area contributed by atoms with E-state index in [2.05, 4.69) is 22.1 Å². The predicted molar refractivity (Wildman–Crippen MR) is 106 cm³/mol. The maximum absolute atomic E-state index is 6.12. The van der Waals surface area contributed by atoms with Crippen LogP contribution in [0.15, 0.2) is 77.2 Å². The van der Waals surface area contributed by atoms with Crippen LogP contribution in [0.3, 0.4) is 0 Å². The van der Waals surface area contributed by atoms with E-state index in [1.807, 2.05) is 68.5 Å². The van der Waals surface area contributed by atoms with Crippen LogP contribution in [-0.2, 0) is 0 Å². The molecule has 0 aliphatic carbocycles. The van der Waals surface area contributed by atoms with Crippen LogP contribution >= 0.6 is 0 Å². The van der Waals surface area contributed by atoms with Crippen LogP contribution in [0.25, 0.3) is 44.7 Å². The summed E-state index contributed by atoms with van der Waals surface area (Å²) in [6.07, 6.45) is 0. The number of nitrogens with zero attached hydrogens (tertiary/aromatic N) is 3. The van der Waals surface area contributed by atoms with Gasteiger partial charge in [0.15, 0.2) is 19.5 Å². The number of rotatable bonds is 2. The van der Waals surface area contributed by atoms with E-state index in [4.69, 9.17) is 9.40 Å². The summed E-state index contributed by atoms with van der Waals surface area (Å²) in [6, 6.07) is 24.1. The fraction of sp³-hybridized carbons (Fsp3) is 0. The molecule has 0 atom stereocenters. The van der Waals surface area contributed by atoms with Crippen molar-refractivity contribution in [1.82, 2.24) is 15.0 Å². The molecule has 5 aromatic rings. The second-order valence-corrected chi connectivity index (χ2v) is 6.18. The molecule has 0 saturated heterocycles. The normalized spacial score (nSPS) is 11.2.